The van der Waals surface area contributed by atoms with E-state index in [4.69, 9.17) is 0 Å². The van der Waals surface area contributed by atoms with Gasteiger partial charge in [-0.15, -0.1) is 0 Å². The molecule has 1 N–H and O–H groups in total. The summed E-state index contributed by atoms with van der Waals surface area (Å²) in [5.74, 6) is -0.0137. The summed E-state index contributed by atoms with van der Waals surface area (Å²) < 4.78 is 27.2. The molecule has 2 aromatic carbocycles. The van der Waals surface area contributed by atoms with Gasteiger partial charge in [-0.05, 0) is 48.9 Å². The molecule has 1 aliphatic rings. The van der Waals surface area contributed by atoms with Crippen molar-refractivity contribution in [1.29, 1.82) is 0 Å². The molecule has 0 atom stereocenters. The van der Waals surface area contributed by atoms with Crippen LogP contribution in [0.3, 0.4) is 0 Å². The Balaban J connectivity index is 1.50. The zero-order chi connectivity index (χ0) is 19.8. The third kappa shape index (κ3) is 5.66. The molecule has 1 saturated heterocycles. The predicted molar refractivity (Wildman–Crippen MR) is 110 cm³/mol. The van der Waals surface area contributed by atoms with E-state index >= 15 is 0 Å². The lowest BCUT2D eigenvalue weighted by molar-refractivity contribution is -0.121. The first-order valence-electron chi connectivity index (χ1n) is 9.95. The van der Waals surface area contributed by atoms with E-state index in [2.05, 4.69) is 17.4 Å². The van der Waals surface area contributed by atoms with E-state index in [1.165, 1.54) is 5.56 Å². The van der Waals surface area contributed by atoms with Gasteiger partial charge in [0, 0.05) is 26.1 Å². The smallest absolute Gasteiger partial charge is 0.243 e. The van der Waals surface area contributed by atoms with Gasteiger partial charge in [0.05, 0.1) is 4.90 Å². The van der Waals surface area contributed by atoms with Gasteiger partial charge in [0.15, 0.2) is 0 Å². The van der Waals surface area contributed by atoms with Crippen LogP contribution in [0.15, 0.2) is 59.5 Å². The van der Waals surface area contributed by atoms with E-state index in [0.29, 0.717) is 31.0 Å². The highest BCUT2D eigenvalue weighted by Crippen LogP contribution is 2.21. The van der Waals surface area contributed by atoms with E-state index in [1.54, 1.807) is 22.5 Å². The zero-order valence-electron chi connectivity index (χ0n) is 16.1. The Labute approximate surface area is 167 Å². The highest BCUT2D eigenvalue weighted by atomic mass is 32.2. The van der Waals surface area contributed by atoms with Crippen LogP contribution in [0.25, 0.3) is 0 Å². The summed E-state index contributed by atoms with van der Waals surface area (Å²) in [7, 11) is -3.45. The molecule has 1 aliphatic heterocycles. The molecule has 150 valence electrons. The second-order valence-corrected chi connectivity index (χ2v) is 9.17. The number of sulfonamides is 1. The third-order valence-corrected chi connectivity index (χ3v) is 6.95. The molecule has 0 spiro atoms. The summed E-state index contributed by atoms with van der Waals surface area (Å²) >= 11 is 0. The van der Waals surface area contributed by atoms with Gasteiger partial charge in [0.1, 0.15) is 0 Å². The van der Waals surface area contributed by atoms with E-state index in [0.717, 1.165) is 37.7 Å². The van der Waals surface area contributed by atoms with E-state index in [-0.39, 0.29) is 5.91 Å². The molecule has 0 unspecified atom stereocenters. The Hall–Kier alpha value is -2.18. The number of nitrogens with zero attached hydrogens (tertiary/aromatic N) is 1. The van der Waals surface area contributed by atoms with Gasteiger partial charge in [-0.2, -0.15) is 4.31 Å². The lowest BCUT2D eigenvalue weighted by Crippen LogP contribution is -2.35. The molecular formula is C22H28N2O3S. The minimum Gasteiger partial charge on any atom is -0.352 e. The first-order valence-corrected chi connectivity index (χ1v) is 11.4. The van der Waals surface area contributed by atoms with Crippen LogP contribution in [0.5, 0.6) is 0 Å². The summed E-state index contributed by atoms with van der Waals surface area (Å²) in [5.41, 5.74) is 2.03. The topological polar surface area (TPSA) is 66.5 Å². The number of carbonyl (C=O) groups excluding carboxylic acids is 1. The third-order valence-electron chi connectivity index (χ3n) is 5.05. The first kappa shape index (κ1) is 20.6. The van der Waals surface area contributed by atoms with Crippen molar-refractivity contribution in [1.82, 2.24) is 9.62 Å². The van der Waals surface area contributed by atoms with Crippen molar-refractivity contribution >= 4 is 15.9 Å². The highest BCUT2D eigenvalue weighted by molar-refractivity contribution is 7.89. The maximum absolute atomic E-state index is 12.8. The van der Waals surface area contributed by atoms with Gasteiger partial charge in [-0.3, -0.25) is 4.79 Å². The van der Waals surface area contributed by atoms with Gasteiger partial charge >= 0.3 is 0 Å². The Morgan fingerprint density at radius 3 is 2.39 bits per heavy atom. The van der Waals surface area contributed by atoms with Crippen LogP contribution >= 0.6 is 0 Å². The number of aryl methyl sites for hydroxylation is 1. The number of hydrogen-bond donors (Lipinski definition) is 1. The van der Waals surface area contributed by atoms with Crippen molar-refractivity contribution in [3.05, 3.63) is 65.7 Å². The number of rotatable bonds is 8. The fourth-order valence-corrected chi connectivity index (χ4v) is 5.04. The summed E-state index contributed by atoms with van der Waals surface area (Å²) in [6.07, 6.45) is 5.04. The monoisotopic (exact) mass is 400 g/mol. The number of hydrogen-bond acceptors (Lipinski definition) is 3. The zero-order valence-corrected chi connectivity index (χ0v) is 17.0. The summed E-state index contributed by atoms with van der Waals surface area (Å²) in [6, 6.07) is 17.0. The van der Waals surface area contributed by atoms with Crippen LogP contribution in [-0.2, 0) is 27.8 Å². The SMILES string of the molecule is O=C(CCCc1ccccc1)NCc1cccc(S(=O)(=O)N2CCCCC2)c1. The number of carbonyl (C=O) groups is 1. The number of piperidine rings is 1. The van der Waals surface area contributed by atoms with Crippen molar-refractivity contribution in [3.63, 3.8) is 0 Å². The van der Waals surface area contributed by atoms with E-state index in [1.807, 2.05) is 24.3 Å². The molecule has 0 bridgehead atoms. The van der Waals surface area contributed by atoms with Gasteiger partial charge in [0.25, 0.3) is 0 Å². The average Bonchev–Trinajstić information content (AvgIpc) is 2.74. The van der Waals surface area contributed by atoms with E-state index in [9.17, 15) is 13.2 Å². The normalized spacial score (nSPS) is 15.3. The Morgan fingerprint density at radius 1 is 0.929 bits per heavy atom. The van der Waals surface area contributed by atoms with Crippen molar-refractivity contribution < 1.29 is 13.2 Å². The van der Waals surface area contributed by atoms with Crippen molar-refractivity contribution in [3.8, 4) is 0 Å². The Bertz CT molecular complexity index is 876. The standard InChI is InChI=1S/C22H28N2O3S/c25-22(14-8-11-19-9-3-1-4-10-19)23-18-20-12-7-13-21(17-20)28(26,27)24-15-5-2-6-16-24/h1,3-4,7,9-10,12-13,17H,2,5-6,8,11,14-16,18H2,(H,23,25). The summed E-state index contributed by atoms with van der Waals surface area (Å²) in [6.45, 7) is 1.52. The average molecular weight is 401 g/mol. The van der Waals surface area contributed by atoms with Crippen molar-refractivity contribution in [2.24, 2.45) is 0 Å². The van der Waals surface area contributed by atoms with Gasteiger partial charge in [0.2, 0.25) is 15.9 Å². The van der Waals surface area contributed by atoms with Crippen molar-refractivity contribution in [2.45, 2.75) is 50.0 Å². The quantitative estimate of drug-likeness (QED) is 0.737. The molecule has 0 aliphatic carbocycles. The van der Waals surface area contributed by atoms with Crippen LogP contribution in [-0.4, -0.2) is 31.7 Å². The molecule has 0 saturated carbocycles. The van der Waals surface area contributed by atoms with Gasteiger partial charge in [-0.1, -0.05) is 48.9 Å². The maximum Gasteiger partial charge on any atom is 0.243 e. The molecule has 1 amide bonds. The van der Waals surface area contributed by atoms with Crippen LogP contribution in [0.4, 0.5) is 0 Å². The molecule has 3 rings (SSSR count). The van der Waals surface area contributed by atoms with Gasteiger partial charge in [-0.25, -0.2) is 8.42 Å². The molecule has 1 heterocycles. The number of nitrogens with one attached hydrogen (secondary N) is 1. The first-order chi connectivity index (χ1) is 13.6. The Morgan fingerprint density at radius 2 is 1.64 bits per heavy atom. The molecule has 2 aromatic rings. The largest absolute Gasteiger partial charge is 0.352 e. The Kier molecular flexibility index (Phi) is 7.23. The molecule has 5 nitrogen and oxygen atoms in total. The molecular weight excluding hydrogens is 372 g/mol. The molecule has 0 radical (unpaired) electrons. The highest BCUT2D eigenvalue weighted by Gasteiger charge is 2.25. The lowest BCUT2D eigenvalue weighted by Gasteiger charge is -2.26. The maximum atomic E-state index is 12.8. The molecule has 0 aromatic heterocycles. The van der Waals surface area contributed by atoms with Crippen LogP contribution in [0.2, 0.25) is 0 Å². The van der Waals surface area contributed by atoms with E-state index < -0.39 is 10.0 Å². The second-order valence-electron chi connectivity index (χ2n) is 7.23. The van der Waals surface area contributed by atoms with Crippen LogP contribution in [0, 0.1) is 0 Å². The lowest BCUT2D eigenvalue weighted by atomic mass is 10.1. The van der Waals surface area contributed by atoms with Crippen molar-refractivity contribution in [2.75, 3.05) is 13.1 Å². The summed E-state index contributed by atoms with van der Waals surface area (Å²) in [5, 5.41) is 2.90. The van der Waals surface area contributed by atoms with Crippen LogP contribution in [0.1, 0.15) is 43.2 Å². The number of benzene rings is 2. The minimum absolute atomic E-state index is 0.0137. The fourth-order valence-electron chi connectivity index (χ4n) is 3.46. The molecule has 6 heteroatoms. The fraction of sp³-hybridized carbons (Fsp3) is 0.409. The van der Waals surface area contributed by atoms with Gasteiger partial charge < -0.3 is 5.32 Å². The predicted octanol–water partition coefficient (Wildman–Crippen LogP) is 3.50. The minimum atomic E-state index is -3.45. The summed E-state index contributed by atoms with van der Waals surface area (Å²) in [4.78, 5) is 12.4. The van der Waals surface area contributed by atoms with Crippen LogP contribution < -0.4 is 5.32 Å². The second kappa shape index (κ2) is 9.85. The molecule has 28 heavy (non-hydrogen) atoms. The molecule has 1 fully saturated rings. The number of amides is 1.